The van der Waals surface area contributed by atoms with Crippen molar-refractivity contribution in [3.8, 4) is 0 Å². The third-order valence-corrected chi connectivity index (χ3v) is 5.52. The molecule has 4 rings (SSSR count). The molecule has 0 atom stereocenters. The molecule has 142 valence electrons. The van der Waals surface area contributed by atoms with E-state index in [9.17, 15) is 4.79 Å². The number of carbonyl (C=O) groups is 1. The van der Waals surface area contributed by atoms with E-state index in [0.29, 0.717) is 6.42 Å². The van der Waals surface area contributed by atoms with Gasteiger partial charge in [-0.25, -0.2) is 0 Å². The number of aromatic amines is 1. The second-order valence-corrected chi connectivity index (χ2v) is 7.43. The number of aryl methyl sites for hydroxylation is 3. The summed E-state index contributed by atoms with van der Waals surface area (Å²) < 4.78 is 1.87. The minimum absolute atomic E-state index is 0.262. The average molecular weight is 365 g/mol. The van der Waals surface area contributed by atoms with E-state index in [1.807, 2.05) is 35.0 Å². The van der Waals surface area contributed by atoms with Gasteiger partial charge < -0.3 is 9.88 Å². The SMILES string of the molecule is Cc1nn(C)cc1CN1CCN(C(=O)CCc2c[nH]c3ccccc23)CC1. The summed E-state index contributed by atoms with van der Waals surface area (Å²) in [7, 11) is 1.96. The van der Waals surface area contributed by atoms with Crippen LogP contribution in [0.2, 0.25) is 0 Å². The van der Waals surface area contributed by atoms with Crippen LogP contribution < -0.4 is 0 Å². The molecule has 0 saturated carbocycles. The van der Waals surface area contributed by atoms with Gasteiger partial charge in [0.2, 0.25) is 5.91 Å². The van der Waals surface area contributed by atoms with Gasteiger partial charge >= 0.3 is 0 Å². The van der Waals surface area contributed by atoms with Gasteiger partial charge in [-0.15, -0.1) is 0 Å². The average Bonchev–Trinajstić information content (AvgIpc) is 3.23. The molecule has 1 aliphatic rings. The smallest absolute Gasteiger partial charge is 0.222 e. The second kappa shape index (κ2) is 7.56. The Hall–Kier alpha value is -2.60. The van der Waals surface area contributed by atoms with E-state index in [4.69, 9.17) is 0 Å². The van der Waals surface area contributed by atoms with E-state index in [1.54, 1.807) is 0 Å². The van der Waals surface area contributed by atoms with Gasteiger partial charge in [0.1, 0.15) is 0 Å². The van der Waals surface area contributed by atoms with Gasteiger partial charge in [-0.1, -0.05) is 18.2 Å². The van der Waals surface area contributed by atoms with Crippen molar-refractivity contribution in [3.63, 3.8) is 0 Å². The van der Waals surface area contributed by atoms with Crippen molar-refractivity contribution in [2.75, 3.05) is 26.2 Å². The lowest BCUT2D eigenvalue weighted by Gasteiger charge is -2.34. The predicted molar refractivity (Wildman–Crippen MR) is 106 cm³/mol. The number of rotatable bonds is 5. The summed E-state index contributed by atoms with van der Waals surface area (Å²) in [5.41, 5.74) is 4.73. The molecule has 1 fully saturated rings. The van der Waals surface area contributed by atoms with Crippen LogP contribution in [0.4, 0.5) is 0 Å². The molecule has 0 radical (unpaired) electrons. The summed E-state index contributed by atoms with van der Waals surface area (Å²) in [5.74, 6) is 0.262. The fourth-order valence-corrected chi connectivity index (χ4v) is 3.94. The summed E-state index contributed by atoms with van der Waals surface area (Å²) in [4.78, 5) is 20.3. The summed E-state index contributed by atoms with van der Waals surface area (Å²) in [6.07, 6.45) is 5.49. The number of benzene rings is 1. The second-order valence-electron chi connectivity index (χ2n) is 7.43. The third-order valence-electron chi connectivity index (χ3n) is 5.52. The van der Waals surface area contributed by atoms with Crippen molar-refractivity contribution >= 4 is 16.8 Å². The highest BCUT2D eigenvalue weighted by molar-refractivity contribution is 5.84. The van der Waals surface area contributed by atoms with Gasteiger partial charge in [0.05, 0.1) is 5.69 Å². The number of hydrogen-bond donors (Lipinski definition) is 1. The molecule has 1 amide bonds. The Morgan fingerprint density at radius 3 is 2.67 bits per heavy atom. The highest BCUT2D eigenvalue weighted by Crippen LogP contribution is 2.19. The van der Waals surface area contributed by atoms with Crippen molar-refractivity contribution in [2.45, 2.75) is 26.3 Å². The largest absolute Gasteiger partial charge is 0.361 e. The van der Waals surface area contributed by atoms with Crippen molar-refractivity contribution in [1.29, 1.82) is 0 Å². The number of fused-ring (bicyclic) bond motifs is 1. The number of para-hydroxylation sites is 1. The molecule has 3 aromatic rings. The zero-order valence-corrected chi connectivity index (χ0v) is 16.1. The van der Waals surface area contributed by atoms with Crippen LogP contribution in [-0.4, -0.2) is 56.7 Å². The van der Waals surface area contributed by atoms with Crippen LogP contribution in [0.1, 0.15) is 23.2 Å². The quantitative estimate of drug-likeness (QED) is 0.756. The Kier molecular flexibility index (Phi) is 4.99. The molecule has 3 heterocycles. The number of H-pyrrole nitrogens is 1. The van der Waals surface area contributed by atoms with Crippen LogP contribution >= 0.6 is 0 Å². The zero-order valence-electron chi connectivity index (χ0n) is 16.1. The summed E-state index contributed by atoms with van der Waals surface area (Å²) >= 11 is 0. The Balaban J connectivity index is 1.28. The first-order valence-electron chi connectivity index (χ1n) is 9.64. The first kappa shape index (κ1) is 17.8. The predicted octanol–water partition coefficient (Wildman–Crippen LogP) is 2.49. The lowest BCUT2D eigenvalue weighted by Crippen LogP contribution is -2.48. The van der Waals surface area contributed by atoms with Crippen LogP contribution in [0, 0.1) is 6.92 Å². The lowest BCUT2D eigenvalue weighted by molar-refractivity contribution is -0.132. The summed E-state index contributed by atoms with van der Waals surface area (Å²) in [5, 5.41) is 5.64. The standard InChI is InChI=1S/C21H27N5O/c1-16-18(14-24(2)23-16)15-25-9-11-26(12-10-25)21(27)8-7-17-13-22-20-6-4-3-5-19(17)20/h3-6,13-14,22H,7-12,15H2,1-2H3. The van der Waals surface area contributed by atoms with Gasteiger partial charge in [0.15, 0.2) is 0 Å². The number of amides is 1. The molecule has 27 heavy (non-hydrogen) atoms. The Bertz CT molecular complexity index is 933. The molecule has 1 aliphatic heterocycles. The molecule has 0 aliphatic carbocycles. The normalized spacial score (nSPS) is 15.6. The molecule has 1 saturated heterocycles. The molecule has 6 heteroatoms. The van der Waals surface area contributed by atoms with Crippen LogP contribution in [0.15, 0.2) is 36.7 Å². The number of aromatic nitrogens is 3. The van der Waals surface area contributed by atoms with E-state index < -0.39 is 0 Å². The van der Waals surface area contributed by atoms with Crippen LogP contribution in [0.5, 0.6) is 0 Å². The van der Waals surface area contributed by atoms with Crippen molar-refractivity contribution < 1.29 is 4.79 Å². The van der Waals surface area contributed by atoms with Gasteiger partial charge in [0, 0.05) is 75.1 Å². The Labute approximate surface area is 159 Å². The maximum absolute atomic E-state index is 12.6. The summed E-state index contributed by atoms with van der Waals surface area (Å²) in [6, 6.07) is 8.26. The van der Waals surface area contributed by atoms with Gasteiger partial charge in [-0.05, 0) is 25.0 Å². The van der Waals surface area contributed by atoms with E-state index in [0.717, 1.165) is 50.4 Å². The third kappa shape index (κ3) is 3.90. The minimum atomic E-state index is 0.262. The number of hydrogen-bond acceptors (Lipinski definition) is 3. The molecule has 1 aromatic carbocycles. The van der Waals surface area contributed by atoms with Crippen molar-refractivity contribution in [2.24, 2.45) is 7.05 Å². The van der Waals surface area contributed by atoms with Crippen molar-refractivity contribution in [1.82, 2.24) is 24.6 Å². The molecule has 0 bridgehead atoms. The van der Waals surface area contributed by atoms with Crippen LogP contribution in [0.25, 0.3) is 10.9 Å². The first-order chi connectivity index (χ1) is 13.1. The van der Waals surface area contributed by atoms with Crippen molar-refractivity contribution in [3.05, 3.63) is 53.5 Å². The van der Waals surface area contributed by atoms with E-state index in [1.165, 1.54) is 16.5 Å². The van der Waals surface area contributed by atoms with Gasteiger partial charge in [0.25, 0.3) is 0 Å². The van der Waals surface area contributed by atoms with Gasteiger partial charge in [-0.3, -0.25) is 14.4 Å². The molecule has 0 unspecified atom stereocenters. The monoisotopic (exact) mass is 365 g/mol. The molecule has 1 N–H and O–H groups in total. The highest BCUT2D eigenvalue weighted by atomic mass is 16.2. The fourth-order valence-electron chi connectivity index (χ4n) is 3.94. The van der Waals surface area contributed by atoms with E-state index in [2.05, 4.69) is 40.2 Å². The number of carbonyl (C=O) groups excluding carboxylic acids is 1. The van der Waals surface area contributed by atoms with Gasteiger partial charge in [-0.2, -0.15) is 5.10 Å². The molecular weight excluding hydrogens is 338 g/mol. The topological polar surface area (TPSA) is 57.2 Å². The minimum Gasteiger partial charge on any atom is -0.361 e. The maximum atomic E-state index is 12.6. The number of nitrogens with zero attached hydrogens (tertiary/aromatic N) is 4. The Morgan fingerprint density at radius 2 is 1.93 bits per heavy atom. The van der Waals surface area contributed by atoms with Crippen LogP contribution in [0.3, 0.4) is 0 Å². The zero-order chi connectivity index (χ0) is 18.8. The first-order valence-corrected chi connectivity index (χ1v) is 9.64. The fraction of sp³-hybridized carbons (Fsp3) is 0.429. The van der Waals surface area contributed by atoms with E-state index >= 15 is 0 Å². The summed E-state index contributed by atoms with van der Waals surface area (Å²) in [6.45, 7) is 6.44. The number of nitrogens with one attached hydrogen (secondary N) is 1. The highest BCUT2D eigenvalue weighted by Gasteiger charge is 2.22. The lowest BCUT2D eigenvalue weighted by atomic mass is 10.1. The molecule has 2 aromatic heterocycles. The molecular formula is C21H27N5O. The maximum Gasteiger partial charge on any atom is 0.222 e. The molecule has 6 nitrogen and oxygen atoms in total. The van der Waals surface area contributed by atoms with Crippen LogP contribution in [-0.2, 0) is 24.8 Å². The Morgan fingerprint density at radius 1 is 1.15 bits per heavy atom. The number of piperazine rings is 1. The van der Waals surface area contributed by atoms with E-state index in [-0.39, 0.29) is 5.91 Å². The molecule has 0 spiro atoms.